The Labute approximate surface area is 128 Å². The molecule has 1 saturated heterocycles. The molecule has 0 saturated carbocycles. The predicted molar refractivity (Wildman–Crippen MR) is 87.4 cm³/mol. The Balaban J connectivity index is 1.98. The molecule has 21 heavy (non-hydrogen) atoms. The second-order valence-electron chi connectivity index (χ2n) is 5.80. The maximum atomic E-state index is 12.7. The number of hydrogen-bond acceptors (Lipinski definition) is 3. The van der Waals surface area contributed by atoms with Crippen LogP contribution < -0.4 is 0 Å². The van der Waals surface area contributed by atoms with E-state index in [-0.39, 0.29) is 11.8 Å². The average Bonchev–Trinajstić information content (AvgIpc) is 2.99. The summed E-state index contributed by atoms with van der Waals surface area (Å²) < 4.78 is 0. The Morgan fingerprint density at radius 3 is 3.10 bits per heavy atom. The van der Waals surface area contributed by atoms with Crippen LogP contribution in [0.3, 0.4) is 0 Å². The number of likely N-dealkylation sites (tertiary alicyclic amines) is 1. The molecule has 1 aliphatic rings. The number of ketones is 1. The van der Waals surface area contributed by atoms with Crippen LogP contribution in [0.1, 0.15) is 61.5 Å². The summed E-state index contributed by atoms with van der Waals surface area (Å²) in [4.78, 5) is 19.3. The first-order valence-electron chi connectivity index (χ1n) is 8.13. The predicted octanol–water partition coefficient (Wildman–Crippen LogP) is 3.95. The molecule has 1 aromatic rings. The van der Waals surface area contributed by atoms with Crippen molar-refractivity contribution in [2.75, 3.05) is 13.1 Å². The van der Waals surface area contributed by atoms with Crippen LogP contribution in [0.25, 0.3) is 6.08 Å². The van der Waals surface area contributed by atoms with Crippen LogP contribution in [-0.2, 0) is 0 Å². The zero-order chi connectivity index (χ0) is 15.1. The second-order valence-corrected chi connectivity index (χ2v) is 5.80. The monoisotopic (exact) mass is 286 g/mol. The quantitative estimate of drug-likeness (QED) is 0.536. The lowest BCUT2D eigenvalue weighted by atomic mass is 10.0. The third kappa shape index (κ3) is 4.24. The van der Waals surface area contributed by atoms with E-state index < -0.39 is 0 Å². The van der Waals surface area contributed by atoms with Crippen molar-refractivity contribution in [3.05, 3.63) is 36.2 Å². The summed E-state index contributed by atoms with van der Waals surface area (Å²) >= 11 is 0. The number of rotatable bonds is 8. The topological polar surface area (TPSA) is 33.2 Å². The van der Waals surface area contributed by atoms with Crippen LogP contribution in [-0.4, -0.2) is 34.8 Å². The maximum Gasteiger partial charge on any atom is 0.198 e. The highest BCUT2D eigenvalue weighted by atomic mass is 16.1. The van der Waals surface area contributed by atoms with Gasteiger partial charge in [-0.25, -0.2) is 0 Å². The van der Waals surface area contributed by atoms with Gasteiger partial charge in [0.1, 0.15) is 5.69 Å². The zero-order valence-corrected chi connectivity index (χ0v) is 13.1. The van der Waals surface area contributed by atoms with Gasteiger partial charge in [0, 0.05) is 6.20 Å². The molecule has 1 fully saturated rings. The van der Waals surface area contributed by atoms with Gasteiger partial charge in [0.05, 0.1) is 6.04 Å². The highest BCUT2D eigenvalue weighted by Gasteiger charge is 2.31. The van der Waals surface area contributed by atoms with Crippen molar-refractivity contribution in [1.29, 1.82) is 0 Å². The van der Waals surface area contributed by atoms with Gasteiger partial charge in [-0.05, 0) is 50.0 Å². The normalized spacial score (nSPS) is 18.8. The van der Waals surface area contributed by atoms with Gasteiger partial charge in [-0.15, -0.1) is 0 Å². The first kappa shape index (κ1) is 15.9. The first-order chi connectivity index (χ1) is 10.3. The van der Waals surface area contributed by atoms with Gasteiger partial charge in [0.25, 0.3) is 0 Å². The van der Waals surface area contributed by atoms with Crippen LogP contribution in [0.2, 0.25) is 0 Å². The van der Waals surface area contributed by atoms with Crippen LogP contribution in [0, 0.1) is 0 Å². The number of pyridine rings is 1. The first-order valence-corrected chi connectivity index (χ1v) is 8.13. The lowest BCUT2D eigenvalue weighted by Crippen LogP contribution is -2.37. The van der Waals surface area contributed by atoms with Crippen molar-refractivity contribution in [3.8, 4) is 0 Å². The molecule has 1 aromatic heterocycles. The minimum Gasteiger partial charge on any atom is -0.293 e. The molecule has 0 unspecified atom stereocenters. The fourth-order valence-electron chi connectivity index (χ4n) is 3.01. The zero-order valence-electron chi connectivity index (χ0n) is 13.1. The Morgan fingerprint density at radius 2 is 2.33 bits per heavy atom. The van der Waals surface area contributed by atoms with Crippen molar-refractivity contribution in [3.63, 3.8) is 0 Å². The van der Waals surface area contributed by atoms with E-state index in [1.165, 1.54) is 25.7 Å². The molecule has 0 bridgehead atoms. The number of nitrogens with zero attached hydrogens (tertiary/aromatic N) is 2. The molecular formula is C18H26N2O. The Hall–Kier alpha value is -1.48. The smallest absolute Gasteiger partial charge is 0.198 e. The highest BCUT2D eigenvalue weighted by molar-refractivity contribution is 5.99. The van der Waals surface area contributed by atoms with E-state index >= 15 is 0 Å². The van der Waals surface area contributed by atoms with E-state index in [2.05, 4.69) is 23.4 Å². The van der Waals surface area contributed by atoms with Gasteiger partial charge in [0.15, 0.2) is 5.78 Å². The second kappa shape index (κ2) is 8.08. The molecule has 0 N–H and O–H groups in total. The van der Waals surface area contributed by atoms with E-state index in [0.29, 0.717) is 5.69 Å². The number of carbonyl (C=O) groups excluding carboxylic acids is 1. The van der Waals surface area contributed by atoms with E-state index in [9.17, 15) is 4.79 Å². The van der Waals surface area contributed by atoms with Crippen molar-refractivity contribution < 1.29 is 4.79 Å². The number of unbranched alkanes of at least 4 members (excludes halogenated alkanes) is 3. The fourth-order valence-corrected chi connectivity index (χ4v) is 3.01. The molecule has 2 rings (SSSR count). The minimum absolute atomic E-state index is 0.0270. The number of carbonyl (C=O) groups is 1. The molecule has 0 radical (unpaired) electrons. The van der Waals surface area contributed by atoms with Gasteiger partial charge in [-0.1, -0.05) is 38.8 Å². The van der Waals surface area contributed by atoms with Gasteiger partial charge >= 0.3 is 0 Å². The minimum atomic E-state index is 0.0270. The maximum absolute atomic E-state index is 12.7. The van der Waals surface area contributed by atoms with E-state index in [0.717, 1.165) is 31.5 Å². The fraction of sp³-hybridized carbons (Fsp3) is 0.556. The summed E-state index contributed by atoms with van der Waals surface area (Å²) in [5.41, 5.74) is 1.54. The summed E-state index contributed by atoms with van der Waals surface area (Å²) in [5.74, 6) is 0.173. The van der Waals surface area contributed by atoms with Crippen LogP contribution >= 0.6 is 0 Å². The Bertz CT molecular complexity index is 484. The van der Waals surface area contributed by atoms with Crippen molar-refractivity contribution in [2.45, 2.75) is 51.5 Å². The lowest BCUT2D eigenvalue weighted by Gasteiger charge is -2.23. The summed E-state index contributed by atoms with van der Waals surface area (Å²) in [5, 5.41) is 0. The molecular weight excluding hydrogens is 260 g/mol. The van der Waals surface area contributed by atoms with Crippen LogP contribution in [0.5, 0.6) is 0 Å². The SMILES string of the molecule is C=Cc1ccnc(C(=O)[C@@H]2CCCN2CCCCCC)c1. The molecule has 114 valence electrons. The van der Waals surface area contributed by atoms with Crippen LogP contribution in [0.15, 0.2) is 24.9 Å². The molecule has 0 aromatic carbocycles. The highest BCUT2D eigenvalue weighted by Crippen LogP contribution is 2.21. The molecule has 3 nitrogen and oxygen atoms in total. The van der Waals surface area contributed by atoms with Crippen molar-refractivity contribution >= 4 is 11.9 Å². The third-order valence-electron chi connectivity index (χ3n) is 4.24. The third-order valence-corrected chi connectivity index (χ3v) is 4.24. The average molecular weight is 286 g/mol. The van der Waals surface area contributed by atoms with Gasteiger partial charge in [0.2, 0.25) is 0 Å². The molecule has 2 heterocycles. The number of Topliss-reactive ketones (excluding diaryl/α,β-unsaturated/α-hetero) is 1. The molecule has 0 aliphatic carbocycles. The standard InChI is InChI=1S/C18H26N2O/c1-3-5-6-7-12-20-13-8-9-17(20)18(21)16-14-15(4-2)10-11-19-16/h4,10-11,14,17H,2-3,5-9,12-13H2,1H3/t17-/m0/s1. The van der Waals surface area contributed by atoms with Crippen molar-refractivity contribution in [1.82, 2.24) is 9.88 Å². The lowest BCUT2D eigenvalue weighted by molar-refractivity contribution is 0.0861. The summed E-state index contributed by atoms with van der Waals surface area (Å²) in [7, 11) is 0. The van der Waals surface area contributed by atoms with E-state index in [1.807, 2.05) is 12.1 Å². The number of aromatic nitrogens is 1. The van der Waals surface area contributed by atoms with E-state index in [4.69, 9.17) is 0 Å². The van der Waals surface area contributed by atoms with Crippen molar-refractivity contribution in [2.24, 2.45) is 0 Å². The summed E-state index contributed by atoms with van der Waals surface area (Å²) in [6.45, 7) is 8.06. The summed E-state index contributed by atoms with van der Waals surface area (Å²) in [6, 6.07) is 3.75. The van der Waals surface area contributed by atoms with Crippen LogP contribution in [0.4, 0.5) is 0 Å². The van der Waals surface area contributed by atoms with E-state index in [1.54, 1.807) is 12.3 Å². The Morgan fingerprint density at radius 1 is 1.48 bits per heavy atom. The molecule has 3 heteroatoms. The largest absolute Gasteiger partial charge is 0.293 e. The molecule has 0 spiro atoms. The van der Waals surface area contributed by atoms with Gasteiger partial charge in [-0.2, -0.15) is 0 Å². The molecule has 1 aliphatic heterocycles. The molecule has 0 amide bonds. The molecule has 1 atom stereocenters. The van der Waals surface area contributed by atoms with Gasteiger partial charge < -0.3 is 0 Å². The Kier molecular flexibility index (Phi) is 6.12. The number of hydrogen-bond donors (Lipinski definition) is 0. The summed E-state index contributed by atoms with van der Waals surface area (Å²) in [6.07, 6.45) is 10.5. The van der Waals surface area contributed by atoms with Gasteiger partial charge in [-0.3, -0.25) is 14.7 Å².